The van der Waals surface area contributed by atoms with Crippen molar-refractivity contribution < 1.29 is 9.18 Å². The van der Waals surface area contributed by atoms with Gasteiger partial charge >= 0.3 is 0 Å². The standard InChI is InChI=1S/C9H9ClFNO/c10-5-9(13)12-6-7-3-1-2-4-8(7)11/h1-4H,5-6H2,(H,12,13). The van der Waals surface area contributed by atoms with Gasteiger partial charge in [-0.15, -0.1) is 11.6 Å². The van der Waals surface area contributed by atoms with E-state index in [2.05, 4.69) is 5.32 Å². The molecule has 0 fully saturated rings. The van der Waals surface area contributed by atoms with Crippen molar-refractivity contribution in [3.63, 3.8) is 0 Å². The summed E-state index contributed by atoms with van der Waals surface area (Å²) in [6.07, 6.45) is 0. The van der Waals surface area contributed by atoms with Crippen molar-refractivity contribution in [3.05, 3.63) is 35.6 Å². The van der Waals surface area contributed by atoms with E-state index in [0.717, 1.165) is 0 Å². The van der Waals surface area contributed by atoms with E-state index >= 15 is 0 Å². The molecule has 0 unspecified atom stereocenters. The first-order chi connectivity index (χ1) is 6.24. The molecular weight excluding hydrogens is 193 g/mol. The monoisotopic (exact) mass is 201 g/mol. The summed E-state index contributed by atoms with van der Waals surface area (Å²) in [6.45, 7) is 0.179. The summed E-state index contributed by atoms with van der Waals surface area (Å²) in [6, 6.07) is 6.28. The summed E-state index contributed by atoms with van der Waals surface area (Å²) in [7, 11) is 0. The van der Waals surface area contributed by atoms with E-state index in [0.29, 0.717) is 5.56 Å². The molecule has 1 amide bonds. The average molecular weight is 202 g/mol. The molecule has 4 heteroatoms. The quantitative estimate of drug-likeness (QED) is 0.741. The number of rotatable bonds is 3. The normalized spacial score (nSPS) is 9.69. The zero-order valence-corrected chi connectivity index (χ0v) is 7.64. The molecule has 0 aliphatic heterocycles. The van der Waals surface area contributed by atoms with Crippen LogP contribution < -0.4 is 5.32 Å². The number of hydrogen-bond acceptors (Lipinski definition) is 1. The van der Waals surface area contributed by atoms with Crippen molar-refractivity contribution in [1.82, 2.24) is 5.32 Å². The second-order valence-electron chi connectivity index (χ2n) is 2.50. The predicted octanol–water partition coefficient (Wildman–Crippen LogP) is 1.68. The summed E-state index contributed by atoms with van der Waals surface area (Å²) in [5, 5.41) is 2.48. The van der Waals surface area contributed by atoms with Crippen LogP contribution in [0, 0.1) is 5.82 Å². The van der Waals surface area contributed by atoms with E-state index in [-0.39, 0.29) is 24.1 Å². The van der Waals surface area contributed by atoms with Crippen LogP contribution in [-0.4, -0.2) is 11.8 Å². The number of nitrogens with one attached hydrogen (secondary N) is 1. The lowest BCUT2D eigenvalue weighted by atomic mass is 10.2. The van der Waals surface area contributed by atoms with Crippen LogP contribution in [0.1, 0.15) is 5.56 Å². The summed E-state index contributed by atoms with van der Waals surface area (Å²) in [4.78, 5) is 10.7. The number of alkyl halides is 1. The first-order valence-corrected chi connectivity index (χ1v) is 4.33. The second-order valence-corrected chi connectivity index (χ2v) is 2.77. The predicted molar refractivity (Wildman–Crippen MR) is 49.0 cm³/mol. The van der Waals surface area contributed by atoms with Gasteiger partial charge in [0, 0.05) is 12.1 Å². The molecule has 0 aromatic heterocycles. The molecule has 0 bridgehead atoms. The summed E-state index contributed by atoms with van der Waals surface area (Å²) >= 11 is 5.25. The minimum atomic E-state index is -0.322. The first kappa shape index (κ1) is 9.99. The molecule has 0 saturated carbocycles. The van der Waals surface area contributed by atoms with Crippen molar-refractivity contribution in [1.29, 1.82) is 0 Å². The van der Waals surface area contributed by atoms with Gasteiger partial charge in [-0.3, -0.25) is 4.79 Å². The average Bonchev–Trinajstić information content (AvgIpc) is 2.16. The largest absolute Gasteiger partial charge is 0.351 e. The number of carbonyl (C=O) groups excluding carboxylic acids is 1. The Balaban J connectivity index is 2.54. The highest BCUT2D eigenvalue weighted by Crippen LogP contribution is 2.05. The number of halogens is 2. The fourth-order valence-electron chi connectivity index (χ4n) is 0.883. The van der Waals surface area contributed by atoms with E-state index in [1.54, 1.807) is 18.2 Å². The van der Waals surface area contributed by atoms with Crippen molar-refractivity contribution in [2.75, 3.05) is 5.88 Å². The minimum Gasteiger partial charge on any atom is -0.351 e. The van der Waals surface area contributed by atoms with Crippen LogP contribution in [0.15, 0.2) is 24.3 Å². The van der Waals surface area contributed by atoms with Crippen molar-refractivity contribution in [2.45, 2.75) is 6.54 Å². The Hall–Kier alpha value is -1.09. The van der Waals surface area contributed by atoms with Gasteiger partial charge in [-0.2, -0.15) is 0 Å². The molecule has 1 N–H and O–H groups in total. The van der Waals surface area contributed by atoms with Crippen LogP contribution in [0.25, 0.3) is 0 Å². The molecule has 70 valence electrons. The molecule has 13 heavy (non-hydrogen) atoms. The SMILES string of the molecule is O=C(CCl)NCc1ccccc1F. The lowest BCUT2D eigenvalue weighted by Crippen LogP contribution is -2.24. The van der Waals surface area contributed by atoms with Gasteiger partial charge in [-0.1, -0.05) is 18.2 Å². The zero-order chi connectivity index (χ0) is 9.68. The number of hydrogen-bond donors (Lipinski definition) is 1. The van der Waals surface area contributed by atoms with Gasteiger partial charge in [0.25, 0.3) is 0 Å². The molecule has 0 spiro atoms. The van der Waals surface area contributed by atoms with Gasteiger partial charge in [0.1, 0.15) is 11.7 Å². The maximum Gasteiger partial charge on any atom is 0.235 e. The minimum absolute atomic E-state index is 0.103. The Morgan fingerprint density at radius 1 is 1.46 bits per heavy atom. The highest BCUT2D eigenvalue weighted by molar-refractivity contribution is 6.27. The molecule has 0 radical (unpaired) electrons. The first-order valence-electron chi connectivity index (χ1n) is 3.80. The van der Waals surface area contributed by atoms with Crippen LogP contribution in [-0.2, 0) is 11.3 Å². The maximum atomic E-state index is 13.0. The van der Waals surface area contributed by atoms with Crippen LogP contribution >= 0.6 is 11.6 Å². The molecule has 2 nitrogen and oxygen atoms in total. The Labute approximate surface area is 80.7 Å². The molecule has 1 aromatic rings. The molecule has 1 rings (SSSR count). The van der Waals surface area contributed by atoms with Gasteiger partial charge < -0.3 is 5.32 Å². The smallest absolute Gasteiger partial charge is 0.235 e. The summed E-state index contributed by atoms with van der Waals surface area (Å²) < 4.78 is 13.0. The lowest BCUT2D eigenvalue weighted by molar-refractivity contribution is -0.118. The fraction of sp³-hybridized carbons (Fsp3) is 0.222. The molecule has 0 heterocycles. The Kier molecular flexibility index (Phi) is 3.71. The van der Waals surface area contributed by atoms with E-state index in [4.69, 9.17) is 11.6 Å². The van der Waals surface area contributed by atoms with Crippen LogP contribution in [0.2, 0.25) is 0 Å². The van der Waals surface area contributed by atoms with Crippen LogP contribution in [0.5, 0.6) is 0 Å². The van der Waals surface area contributed by atoms with E-state index in [1.807, 2.05) is 0 Å². The number of benzene rings is 1. The molecule has 0 aliphatic rings. The highest BCUT2D eigenvalue weighted by atomic mass is 35.5. The van der Waals surface area contributed by atoms with Gasteiger partial charge in [-0.25, -0.2) is 4.39 Å². The van der Waals surface area contributed by atoms with Crippen molar-refractivity contribution in [3.8, 4) is 0 Å². The molecular formula is C9H9ClFNO. The van der Waals surface area contributed by atoms with Gasteiger partial charge in [0.15, 0.2) is 0 Å². The van der Waals surface area contributed by atoms with E-state index in [1.165, 1.54) is 6.07 Å². The Bertz CT molecular complexity index is 303. The van der Waals surface area contributed by atoms with Crippen molar-refractivity contribution >= 4 is 17.5 Å². The van der Waals surface area contributed by atoms with E-state index in [9.17, 15) is 9.18 Å². The Morgan fingerprint density at radius 3 is 2.77 bits per heavy atom. The molecule has 0 aliphatic carbocycles. The molecule has 0 saturated heterocycles. The van der Waals surface area contributed by atoms with Gasteiger partial charge in [-0.05, 0) is 6.07 Å². The van der Waals surface area contributed by atoms with Gasteiger partial charge in [0.2, 0.25) is 5.91 Å². The lowest BCUT2D eigenvalue weighted by Gasteiger charge is -2.03. The highest BCUT2D eigenvalue weighted by Gasteiger charge is 2.02. The third-order valence-corrected chi connectivity index (χ3v) is 1.80. The third kappa shape index (κ3) is 3.03. The summed E-state index contributed by atoms with van der Waals surface area (Å²) in [5.74, 6) is -0.726. The number of carbonyl (C=O) groups is 1. The third-order valence-electron chi connectivity index (χ3n) is 1.56. The zero-order valence-electron chi connectivity index (χ0n) is 6.89. The molecule has 1 aromatic carbocycles. The van der Waals surface area contributed by atoms with E-state index < -0.39 is 0 Å². The maximum absolute atomic E-state index is 13.0. The Morgan fingerprint density at radius 2 is 2.15 bits per heavy atom. The van der Waals surface area contributed by atoms with Gasteiger partial charge in [0.05, 0.1) is 0 Å². The number of amides is 1. The summed E-state index contributed by atoms with van der Waals surface area (Å²) in [5.41, 5.74) is 0.459. The topological polar surface area (TPSA) is 29.1 Å². The van der Waals surface area contributed by atoms with Crippen LogP contribution in [0.4, 0.5) is 4.39 Å². The second kappa shape index (κ2) is 4.82. The fourth-order valence-corrected chi connectivity index (χ4v) is 0.977. The van der Waals surface area contributed by atoms with Crippen molar-refractivity contribution in [2.24, 2.45) is 0 Å². The molecule has 0 atom stereocenters. The van der Waals surface area contributed by atoms with Crippen LogP contribution in [0.3, 0.4) is 0 Å².